The number of imide groups is 1. The van der Waals surface area contributed by atoms with Crippen molar-refractivity contribution in [2.24, 2.45) is 5.73 Å². The minimum Gasteiger partial charge on any atom is -0.342 e. The average Bonchev–Trinajstić information content (AvgIpc) is 2.46. The van der Waals surface area contributed by atoms with Crippen LogP contribution < -0.4 is 11.1 Å². The van der Waals surface area contributed by atoms with Crippen LogP contribution in [0.1, 0.15) is 26.7 Å². The molecule has 1 saturated heterocycles. The van der Waals surface area contributed by atoms with Crippen LogP contribution >= 0.6 is 0 Å². The molecule has 0 aromatic heterocycles. The third kappa shape index (κ3) is 2.21. The second-order valence-corrected chi connectivity index (χ2v) is 4.29. The summed E-state index contributed by atoms with van der Waals surface area (Å²) < 4.78 is 0. The van der Waals surface area contributed by atoms with E-state index in [4.69, 9.17) is 5.73 Å². The van der Waals surface area contributed by atoms with E-state index >= 15 is 0 Å². The van der Waals surface area contributed by atoms with Gasteiger partial charge >= 0.3 is 0 Å². The van der Waals surface area contributed by atoms with Crippen LogP contribution in [0.4, 0.5) is 0 Å². The Bertz CT molecular complexity index is 338. The number of carbonyl (C=O) groups is 3. The molecule has 1 heterocycles. The molecule has 6 heteroatoms. The molecule has 1 aliphatic heterocycles. The summed E-state index contributed by atoms with van der Waals surface area (Å²) in [5.41, 5.74) is 4.72. The van der Waals surface area contributed by atoms with Crippen molar-refractivity contribution in [3.63, 3.8) is 0 Å². The van der Waals surface area contributed by atoms with Gasteiger partial charge in [-0.15, -0.1) is 0 Å². The van der Waals surface area contributed by atoms with Crippen molar-refractivity contribution in [2.45, 2.75) is 38.3 Å². The van der Waals surface area contributed by atoms with Gasteiger partial charge in [-0.1, -0.05) is 6.92 Å². The van der Waals surface area contributed by atoms with Crippen LogP contribution in [0.15, 0.2) is 0 Å². The SMILES string of the molecule is CCC(C)(N)C(=O)NC1CC(=O)N(C)C1=O. The van der Waals surface area contributed by atoms with Crippen LogP contribution in [-0.4, -0.2) is 41.2 Å². The third-order valence-electron chi connectivity index (χ3n) is 2.94. The van der Waals surface area contributed by atoms with Crippen LogP contribution in [0.2, 0.25) is 0 Å². The van der Waals surface area contributed by atoms with Crippen LogP contribution in [-0.2, 0) is 14.4 Å². The molecule has 3 amide bonds. The predicted molar refractivity (Wildman–Crippen MR) is 57.2 cm³/mol. The molecular formula is C10H17N3O3. The highest BCUT2D eigenvalue weighted by Crippen LogP contribution is 2.12. The van der Waals surface area contributed by atoms with E-state index in [0.717, 1.165) is 4.90 Å². The average molecular weight is 227 g/mol. The van der Waals surface area contributed by atoms with E-state index in [1.165, 1.54) is 7.05 Å². The van der Waals surface area contributed by atoms with E-state index in [-0.39, 0.29) is 18.2 Å². The lowest BCUT2D eigenvalue weighted by Gasteiger charge is -2.23. The molecule has 16 heavy (non-hydrogen) atoms. The maximum atomic E-state index is 11.7. The van der Waals surface area contributed by atoms with E-state index in [9.17, 15) is 14.4 Å². The molecule has 0 radical (unpaired) electrons. The number of hydrogen-bond acceptors (Lipinski definition) is 4. The fourth-order valence-corrected chi connectivity index (χ4v) is 1.35. The fraction of sp³-hybridized carbons (Fsp3) is 0.700. The zero-order valence-corrected chi connectivity index (χ0v) is 9.74. The highest BCUT2D eigenvalue weighted by molar-refractivity contribution is 6.07. The zero-order valence-electron chi connectivity index (χ0n) is 9.74. The summed E-state index contributed by atoms with van der Waals surface area (Å²) >= 11 is 0. The minimum atomic E-state index is -1.01. The normalized spacial score (nSPS) is 24.5. The lowest BCUT2D eigenvalue weighted by Crippen LogP contribution is -2.55. The number of amides is 3. The standard InChI is InChI=1S/C10H17N3O3/c1-4-10(2,11)9(16)12-6-5-7(14)13(3)8(6)15/h6H,4-5,11H2,1-3H3,(H,12,16). The predicted octanol–water partition coefficient (Wildman–Crippen LogP) is -1.01. The molecule has 1 rings (SSSR count). The first-order valence-corrected chi connectivity index (χ1v) is 5.20. The van der Waals surface area contributed by atoms with E-state index < -0.39 is 17.5 Å². The molecule has 0 spiro atoms. The van der Waals surface area contributed by atoms with Crippen molar-refractivity contribution in [1.82, 2.24) is 10.2 Å². The van der Waals surface area contributed by atoms with Gasteiger partial charge in [-0.05, 0) is 13.3 Å². The highest BCUT2D eigenvalue weighted by atomic mass is 16.2. The minimum absolute atomic E-state index is 0.0147. The zero-order chi connectivity index (χ0) is 12.5. The molecule has 0 aromatic rings. The van der Waals surface area contributed by atoms with Gasteiger partial charge in [0, 0.05) is 7.05 Å². The Hall–Kier alpha value is -1.43. The first-order chi connectivity index (χ1) is 7.29. The second-order valence-electron chi connectivity index (χ2n) is 4.29. The number of nitrogens with one attached hydrogen (secondary N) is 1. The van der Waals surface area contributed by atoms with Gasteiger partial charge < -0.3 is 11.1 Å². The van der Waals surface area contributed by atoms with Gasteiger partial charge in [0.2, 0.25) is 11.8 Å². The van der Waals surface area contributed by atoms with E-state index in [1.807, 2.05) is 0 Å². The van der Waals surface area contributed by atoms with Gasteiger partial charge in [0.15, 0.2) is 0 Å². The third-order valence-corrected chi connectivity index (χ3v) is 2.94. The maximum Gasteiger partial charge on any atom is 0.252 e. The maximum absolute atomic E-state index is 11.7. The van der Waals surface area contributed by atoms with Crippen LogP contribution in [0.5, 0.6) is 0 Å². The summed E-state index contributed by atoms with van der Waals surface area (Å²) in [6.45, 7) is 3.38. The quantitative estimate of drug-likeness (QED) is 0.604. The van der Waals surface area contributed by atoms with Gasteiger partial charge in [0.1, 0.15) is 6.04 Å². The van der Waals surface area contributed by atoms with Crippen LogP contribution in [0.25, 0.3) is 0 Å². The molecule has 0 aromatic carbocycles. The first-order valence-electron chi connectivity index (χ1n) is 5.20. The molecule has 6 nitrogen and oxygen atoms in total. The summed E-state index contributed by atoms with van der Waals surface area (Å²) in [7, 11) is 1.40. The van der Waals surface area contributed by atoms with Gasteiger partial charge in [-0.3, -0.25) is 19.3 Å². The van der Waals surface area contributed by atoms with Crippen molar-refractivity contribution in [3.05, 3.63) is 0 Å². The van der Waals surface area contributed by atoms with E-state index in [0.29, 0.717) is 6.42 Å². The molecule has 1 aliphatic rings. The number of nitrogens with zero attached hydrogens (tertiary/aromatic N) is 1. The summed E-state index contributed by atoms with van der Waals surface area (Å²) in [4.78, 5) is 35.4. The molecular weight excluding hydrogens is 210 g/mol. The van der Waals surface area contributed by atoms with Crippen molar-refractivity contribution in [3.8, 4) is 0 Å². The largest absolute Gasteiger partial charge is 0.342 e. The van der Waals surface area contributed by atoms with Crippen LogP contribution in [0.3, 0.4) is 0 Å². The number of nitrogens with two attached hydrogens (primary N) is 1. The van der Waals surface area contributed by atoms with Crippen LogP contribution in [0, 0.1) is 0 Å². The fourth-order valence-electron chi connectivity index (χ4n) is 1.35. The Labute approximate surface area is 94.2 Å². The Morgan fingerprint density at radius 1 is 1.62 bits per heavy atom. The monoisotopic (exact) mass is 227 g/mol. The first kappa shape index (κ1) is 12.6. The summed E-state index contributed by atoms with van der Waals surface area (Å²) in [5, 5.41) is 2.50. The highest BCUT2D eigenvalue weighted by Gasteiger charge is 2.39. The second kappa shape index (κ2) is 4.21. The lowest BCUT2D eigenvalue weighted by atomic mass is 9.99. The summed E-state index contributed by atoms with van der Waals surface area (Å²) in [6, 6.07) is -0.764. The van der Waals surface area contributed by atoms with Crippen molar-refractivity contribution >= 4 is 17.7 Å². The number of hydrogen-bond donors (Lipinski definition) is 2. The molecule has 0 aliphatic carbocycles. The van der Waals surface area contributed by atoms with Crippen molar-refractivity contribution < 1.29 is 14.4 Å². The lowest BCUT2D eigenvalue weighted by molar-refractivity contribution is -0.138. The van der Waals surface area contributed by atoms with Gasteiger partial charge in [0.25, 0.3) is 5.91 Å². The molecule has 0 bridgehead atoms. The molecule has 90 valence electrons. The van der Waals surface area contributed by atoms with Crippen molar-refractivity contribution in [2.75, 3.05) is 7.05 Å². The number of likely N-dealkylation sites (tertiary alicyclic amines) is 1. The number of likely N-dealkylation sites (N-methyl/N-ethyl adjacent to an activating group) is 1. The topological polar surface area (TPSA) is 92.5 Å². The Morgan fingerprint density at radius 2 is 2.19 bits per heavy atom. The van der Waals surface area contributed by atoms with Gasteiger partial charge in [0.05, 0.1) is 12.0 Å². The van der Waals surface area contributed by atoms with Gasteiger partial charge in [-0.25, -0.2) is 0 Å². The smallest absolute Gasteiger partial charge is 0.252 e. The molecule has 2 unspecified atom stereocenters. The van der Waals surface area contributed by atoms with E-state index in [2.05, 4.69) is 5.32 Å². The summed E-state index contributed by atoms with van der Waals surface area (Å²) in [5.74, 6) is -1.08. The van der Waals surface area contributed by atoms with Gasteiger partial charge in [-0.2, -0.15) is 0 Å². The molecule has 2 atom stereocenters. The molecule has 3 N–H and O–H groups in total. The number of rotatable bonds is 3. The Morgan fingerprint density at radius 3 is 2.56 bits per heavy atom. The number of carbonyl (C=O) groups excluding carboxylic acids is 3. The molecule has 0 saturated carbocycles. The van der Waals surface area contributed by atoms with E-state index in [1.54, 1.807) is 13.8 Å². The Balaban J connectivity index is 2.67. The summed E-state index contributed by atoms with van der Waals surface area (Å²) in [6.07, 6.45) is 0.477. The van der Waals surface area contributed by atoms with Crippen molar-refractivity contribution in [1.29, 1.82) is 0 Å². The Kier molecular flexibility index (Phi) is 3.32. The molecule has 1 fully saturated rings.